The van der Waals surface area contributed by atoms with Crippen LogP contribution in [0.15, 0.2) is 36.4 Å². The van der Waals surface area contributed by atoms with Gasteiger partial charge in [0.25, 0.3) is 0 Å². The molecule has 1 aromatic rings. The van der Waals surface area contributed by atoms with Gasteiger partial charge in [0.05, 0.1) is 6.61 Å². The molecule has 0 radical (unpaired) electrons. The summed E-state index contributed by atoms with van der Waals surface area (Å²) in [6.07, 6.45) is 0.640. The van der Waals surface area contributed by atoms with Crippen LogP contribution in [-0.2, 0) is 22.8 Å². The van der Waals surface area contributed by atoms with Gasteiger partial charge in [-0.25, -0.2) is 4.79 Å². The van der Waals surface area contributed by atoms with E-state index in [0.29, 0.717) is 24.6 Å². The molecule has 0 unspecified atom stereocenters. The Morgan fingerprint density at radius 3 is 1.83 bits per heavy atom. The summed E-state index contributed by atoms with van der Waals surface area (Å²) in [5.74, 6) is -0.375. The lowest BCUT2D eigenvalue weighted by atomic mass is 10.1. The fraction of sp³-hybridized carbons (Fsp3) is 0.500. The highest BCUT2D eigenvalue weighted by atomic mass is 28.4. The van der Waals surface area contributed by atoms with Gasteiger partial charge >= 0.3 is 14.8 Å². The largest absolute Gasteiger partial charge is 0.500 e. The maximum atomic E-state index is 11.1. The molecule has 0 fully saturated rings. The lowest BCUT2D eigenvalue weighted by Crippen LogP contribution is -2.42. The molecule has 0 saturated heterocycles. The number of carbonyl (C=O) groups excluding carboxylic acids is 1. The van der Waals surface area contributed by atoms with Crippen molar-refractivity contribution >= 4 is 14.8 Å². The molecule has 24 heavy (non-hydrogen) atoms. The highest BCUT2D eigenvalue weighted by Gasteiger charge is 2.36. The van der Waals surface area contributed by atoms with Gasteiger partial charge in [0.2, 0.25) is 0 Å². The molecule has 0 bridgehead atoms. The predicted molar refractivity (Wildman–Crippen MR) is 97.9 cm³/mol. The van der Waals surface area contributed by atoms with E-state index in [-0.39, 0.29) is 5.97 Å². The highest BCUT2D eigenvalue weighted by molar-refractivity contribution is 6.60. The van der Waals surface area contributed by atoms with Gasteiger partial charge in [0, 0.05) is 32.9 Å². The summed E-state index contributed by atoms with van der Waals surface area (Å²) in [6, 6.07) is 8.97. The molecule has 1 aromatic carbocycles. The van der Waals surface area contributed by atoms with E-state index in [1.165, 1.54) is 11.1 Å². The first-order valence-corrected chi connectivity index (χ1v) is 9.75. The van der Waals surface area contributed by atoms with Crippen LogP contribution in [0.25, 0.3) is 0 Å². The Morgan fingerprint density at radius 1 is 1.04 bits per heavy atom. The first-order valence-electron chi connectivity index (χ1n) is 7.82. The van der Waals surface area contributed by atoms with Crippen molar-refractivity contribution in [2.75, 3.05) is 27.9 Å². The molecule has 1 rings (SSSR count). The van der Waals surface area contributed by atoms with Gasteiger partial charge in [-0.1, -0.05) is 30.8 Å². The van der Waals surface area contributed by atoms with E-state index >= 15 is 0 Å². The average molecular weight is 355 g/mol. The van der Waals surface area contributed by atoms with Gasteiger partial charge < -0.3 is 18.0 Å². The van der Waals surface area contributed by atoms with Crippen molar-refractivity contribution < 1.29 is 22.8 Å². The van der Waals surface area contributed by atoms with Crippen LogP contribution in [0.5, 0.6) is 0 Å². The average Bonchev–Trinajstić information content (AvgIpc) is 2.58. The minimum Gasteiger partial charge on any atom is -0.462 e. The Bertz CT molecular complexity index is 483. The topological polar surface area (TPSA) is 54.0 Å². The van der Waals surface area contributed by atoms with E-state index in [9.17, 15) is 4.79 Å². The first-order chi connectivity index (χ1) is 11.3. The number of ether oxygens (including phenoxy) is 1. The Labute approximate surface area is 146 Å². The van der Waals surface area contributed by atoms with E-state index < -0.39 is 8.80 Å². The van der Waals surface area contributed by atoms with E-state index in [1.807, 2.05) is 0 Å². The van der Waals surface area contributed by atoms with Gasteiger partial charge in [-0.15, -0.1) is 0 Å². The summed E-state index contributed by atoms with van der Waals surface area (Å²) in [6.45, 7) is 9.66. The SMILES string of the molecule is C=C(C)C(=O)OCCC[Si](OC)(OC)OC.Cc1ccccc1C. The third-order valence-electron chi connectivity index (χ3n) is 3.57. The summed E-state index contributed by atoms with van der Waals surface area (Å²) < 4.78 is 20.6. The Hall–Kier alpha value is -1.47. The zero-order valence-electron chi connectivity index (χ0n) is 15.7. The molecule has 0 aliphatic rings. The normalized spacial score (nSPS) is 10.6. The van der Waals surface area contributed by atoms with Crippen molar-refractivity contribution in [3.05, 3.63) is 47.5 Å². The molecule has 0 spiro atoms. The number of benzene rings is 1. The van der Waals surface area contributed by atoms with Crippen LogP contribution in [0, 0.1) is 13.8 Å². The van der Waals surface area contributed by atoms with Crippen LogP contribution >= 0.6 is 0 Å². The molecule has 0 amide bonds. The Kier molecular flexibility index (Phi) is 11.2. The molecule has 0 heterocycles. The monoisotopic (exact) mass is 354 g/mol. The van der Waals surface area contributed by atoms with Gasteiger partial charge in [0.1, 0.15) is 0 Å². The summed E-state index contributed by atoms with van der Waals surface area (Å²) in [5, 5.41) is 0. The van der Waals surface area contributed by atoms with Crippen LogP contribution in [0.2, 0.25) is 6.04 Å². The molecular formula is C18H30O5Si. The van der Waals surface area contributed by atoms with Crippen molar-refractivity contribution in [1.82, 2.24) is 0 Å². The number of aryl methyl sites for hydroxylation is 2. The first kappa shape index (κ1) is 22.5. The molecule has 0 N–H and O–H groups in total. The molecule has 0 aliphatic heterocycles. The van der Waals surface area contributed by atoms with Crippen LogP contribution in [0.1, 0.15) is 24.5 Å². The highest BCUT2D eigenvalue weighted by Crippen LogP contribution is 2.14. The summed E-state index contributed by atoms with van der Waals surface area (Å²) in [7, 11) is 2.13. The van der Waals surface area contributed by atoms with Gasteiger partial charge in [0.15, 0.2) is 0 Å². The standard InChI is InChI=1S/C10H20O5Si.C8H10/c1-9(2)10(11)15-7-6-8-16(12-3,13-4)14-5;1-7-5-3-4-6-8(7)2/h1,6-8H2,2-5H3;3-6H,1-2H3. The molecule has 0 atom stereocenters. The number of esters is 1. The van der Waals surface area contributed by atoms with E-state index in [0.717, 1.165) is 0 Å². The molecule has 6 heteroatoms. The van der Waals surface area contributed by atoms with Gasteiger partial charge in [-0.2, -0.15) is 0 Å². The summed E-state index contributed by atoms with van der Waals surface area (Å²) in [5.41, 5.74) is 3.13. The Morgan fingerprint density at radius 2 is 1.50 bits per heavy atom. The molecule has 5 nitrogen and oxygen atoms in total. The number of hydrogen-bond donors (Lipinski definition) is 0. The number of carbonyl (C=O) groups is 1. The van der Waals surface area contributed by atoms with Crippen LogP contribution in [0.4, 0.5) is 0 Å². The zero-order valence-corrected chi connectivity index (χ0v) is 16.7. The maximum absolute atomic E-state index is 11.1. The molecule has 0 saturated carbocycles. The maximum Gasteiger partial charge on any atom is 0.500 e. The second-order valence-corrected chi connectivity index (χ2v) is 8.49. The Balaban J connectivity index is 0.000000546. The number of hydrogen-bond acceptors (Lipinski definition) is 5. The fourth-order valence-electron chi connectivity index (χ4n) is 1.80. The predicted octanol–water partition coefficient (Wildman–Crippen LogP) is 3.68. The van der Waals surface area contributed by atoms with Crippen LogP contribution in [-0.4, -0.2) is 42.7 Å². The summed E-state index contributed by atoms with van der Waals surface area (Å²) >= 11 is 0. The lowest BCUT2D eigenvalue weighted by Gasteiger charge is -2.24. The fourth-order valence-corrected chi connectivity index (χ4v) is 3.49. The molecule has 0 aromatic heterocycles. The number of rotatable bonds is 8. The minimum absolute atomic E-state index is 0.316. The van der Waals surface area contributed by atoms with Crippen LogP contribution < -0.4 is 0 Å². The minimum atomic E-state index is -2.53. The van der Waals surface area contributed by atoms with E-state index in [4.69, 9.17) is 18.0 Å². The van der Waals surface area contributed by atoms with Gasteiger partial charge in [-0.05, 0) is 38.3 Å². The van der Waals surface area contributed by atoms with Crippen molar-refractivity contribution in [3.63, 3.8) is 0 Å². The van der Waals surface area contributed by atoms with Crippen molar-refractivity contribution in [2.45, 2.75) is 33.2 Å². The quantitative estimate of drug-likeness (QED) is 0.308. The third-order valence-corrected chi connectivity index (χ3v) is 6.40. The summed E-state index contributed by atoms with van der Waals surface area (Å²) in [4.78, 5) is 11.1. The third kappa shape index (κ3) is 8.40. The molecule has 136 valence electrons. The molecule has 0 aliphatic carbocycles. The zero-order chi connectivity index (χ0) is 18.6. The van der Waals surface area contributed by atoms with Crippen molar-refractivity contribution in [3.8, 4) is 0 Å². The van der Waals surface area contributed by atoms with Crippen LogP contribution in [0.3, 0.4) is 0 Å². The smallest absolute Gasteiger partial charge is 0.462 e. The van der Waals surface area contributed by atoms with Crippen molar-refractivity contribution in [1.29, 1.82) is 0 Å². The van der Waals surface area contributed by atoms with Gasteiger partial charge in [-0.3, -0.25) is 0 Å². The van der Waals surface area contributed by atoms with E-state index in [1.54, 1.807) is 28.3 Å². The van der Waals surface area contributed by atoms with Crippen molar-refractivity contribution in [2.24, 2.45) is 0 Å². The van der Waals surface area contributed by atoms with E-state index in [2.05, 4.69) is 44.7 Å². The second kappa shape index (κ2) is 12.0. The second-order valence-electron chi connectivity index (χ2n) is 5.40. The molecular weight excluding hydrogens is 324 g/mol. The lowest BCUT2D eigenvalue weighted by molar-refractivity contribution is -0.139.